The van der Waals surface area contributed by atoms with E-state index in [0.29, 0.717) is 56.6 Å². The Morgan fingerprint density at radius 1 is 1.24 bits per heavy atom. The van der Waals surface area contributed by atoms with Gasteiger partial charge in [-0.2, -0.15) is 5.26 Å². The van der Waals surface area contributed by atoms with E-state index in [1.54, 1.807) is 28.2 Å². The Bertz CT molecular complexity index is 1500. The van der Waals surface area contributed by atoms with Crippen LogP contribution in [0.5, 0.6) is 5.88 Å². The summed E-state index contributed by atoms with van der Waals surface area (Å²) in [6.45, 7) is 6.59. The van der Waals surface area contributed by atoms with Crippen molar-refractivity contribution >= 4 is 35.0 Å². The summed E-state index contributed by atoms with van der Waals surface area (Å²) >= 11 is 5.46. The molecule has 3 heterocycles. The Morgan fingerprint density at radius 3 is 2.59 bits per heavy atom. The lowest BCUT2D eigenvalue weighted by Gasteiger charge is -2.04. The second-order valence-electron chi connectivity index (χ2n) is 6.71. The Labute approximate surface area is 171 Å². The van der Waals surface area contributed by atoms with Crippen LogP contribution in [0.25, 0.3) is 22.8 Å². The standard InChI is InChI=1S/C21H19N5O2S/c1-4-24-17(20(28)25(5-2)21(24)29)10-13-12(3)14(11-22)18-23-15-8-6-7-9-16(15)26(18)19(13)27/h6-10,28H,4-5H2,1-3H3/b13-10+. The van der Waals surface area contributed by atoms with Gasteiger partial charge in [0.05, 0.1) is 16.6 Å². The van der Waals surface area contributed by atoms with Crippen LogP contribution in [0.15, 0.2) is 29.1 Å². The highest BCUT2D eigenvalue weighted by Crippen LogP contribution is 2.22. The van der Waals surface area contributed by atoms with E-state index in [4.69, 9.17) is 12.2 Å². The van der Waals surface area contributed by atoms with E-state index in [1.807, 2.05) is 32.0 Å². The number of nitriles is 1. The first-order valence-corrected chi connectivity index (χ1v) is 9.73. The summed E-state index contributed by atoms with van der Waals surface area (Å²) in [5.41, 5.74) is 2.65. The number of pyridine rings is 1. The number of nitrogens with zero attached hydrogens (tertiary/aromatic N) is 5. The van der Waals surface area contributed by atoms with Crippen molar-refractivity contribution in [3.8, 4) is 11.9 Å². The smallest absolute Gasteiger partial charge is 0.264 e. The largest absolute Gasteiger partial charge is 0.493 e. The number of imidazole rings is 2. The maximum absolute atomic E-state index is 13.4. The van der Waals surface area contributed by atoms with Crippen LogP contribution in [0.1, 0.15) is 30.7 Å². The van der Waals surface area contributed by atoms with E-state index < -0.39 is 0 Å². The minimum atomic E-state index is -0.289. The molecule has 0 bridgehead atoms. The van der Waals surface area contributed by atoms with Crippen molar-refractivity contribution in [2.24, 2.45) is 0 Å². The quantitative estimate of drug-likeness (QED) is 0.530. The molecule has 1 N–H and O–H groups in total. The summed E-state index contributed by atoms with van der Waals surface area (Å²) in [5, 5.41) is 20.8. The predicted octanol–water partition coefficient (Wildman–Crippen LogP) is 2.65. The van der Waals surface area contributed by atoms with Crippen molar-refractivity contribution in [1.29, 1.82) is 5.26 Å². The molecule has 0 spiro atoms. The molecule has 0 saturated heterocycles. The number of fused-ring (bicyclic) bond motifs is 3. The van der Waals surface area contributed by atoms with Gasteiger partial charge in [-0.25, -0.2) is 4.98 Å². The second-order valence-corrected chi connectivity index (χ2v) is 7.08. The molecule has 0 saturated carbocycles. The number of hydrogen-bond acceptors (Lipinski definition) is 5. The van der Waals surface area contributed by atoms with Crippen molar-refractivity contribution in [2.45, 2.75) is 33.9 Å². The highest BCUT2D eigenvalue weighted by atomic mass is 32.1. The highest BCUT2D eigenvalue weighted by molar-refractivity contribution is 7.71. The first-order chi connectivity index (χ1) is 13.9. The normalized spacial score (nSPS) is 12.1. The van der Waals surface area contributed by atoms with E-state index in [2.05, 4.69) is 11.1 Å². The van der Waals surface area contributed by atoms with Crippen molar-refractivity contribution in [3.63, 3.8) is 0 Å². The van der Waals surface area contributed by atoms with Crippen LogP contribution in [-0.4, -0.2) is 23.6 Å². The zero-order chi connectivity index (χ0) is 20.9. The second kappa shape index (κ2) is 6.87. The first-order valence-electron chi connectivity index (χ1n) is 9.32. The summed E-state index contributed by atoms with van der Waals surface area (Å²) in [6.07, 6.45) is 1.62. The topological polar surface area (TPSA) is 88.2 Å². The number of rotatable bonds is 3. The number of para-hydroxylation sites is 2. The van der Waals surface area contributed by atoms with Gasteiger partial charge in [0.15, 0.2) is 10.4 Å². The number of hydrogen-bond donors (Lipinski definition) is 1. The molecule has 0 radical (unpaired) electrons. The van der Waals surface area contributed by atoms with E-state index in [-0.39, 0.29) is 11.4 Å². The molecule has 0 fully saturated rings. The average Bonchev–Trinajstić information content (AvgIpc) is 3.20. The van der Waals surface area contributed by atoms with Gasteiger partial charge < -0.3 is 9.67 Å². The molecule has 1 aromatic carbocycles. The molecule has 146 valence electrons. The van der Waals surface area contributed by atoms with Crippen molar-refractivity contribution in [3.05, 3.63) is 61.4 Å². The molecule has 0 aliphatic heterocycles. The van der Waals surface area contributed by atoms with Gasteiger partial charge in [-0.1, -0.05) is 12.1 Å². The lowest BCUT2D eigenvalue weighted by atomic mass is 10.1. The third-order valence-electron chi connectivity index (χ3n) is 5.26. The third-order valence-corrected chi connectivity index (χ3v) is 5.70. The fourth-order valence-electron chi connectivity index (χ4n) is 3.75. The summed E-state index contributed by atoms with van der Waals surface area (Å²) < 4.78 is 5.33. The van der Waals surface area contributed by atoms with Crippen LogP contribution in [0.3, 0.4) is 0 Å². The van der Waals surface area contributed by atoms with Crippen LogP contribution in [0, 0.1) is 23.0 Å². The summed E-state index contributed by atoms with van der Waals surface area (Å²) in [7, 11) is 0. The van der Waals surface area contributed by atoms with Gasteiger partial charge in [-0.3, -0.25) is 13.8 Å². The molecule has 4 rings (SSSR count). The maximum Gasteiger partial charge on any atom is 0.264 e. The van der Waals surface area contributed by atoms with Gasteiger partial charge in [0.25, 0.3) is 5.56 Å². The molecule has 7 nitrogen and oxygen atoms in total. The van der Waals surface area contributed by atoms with Gasteiger partial charge in [-0.15, -0.1) is 0 Å². The monoisotopic (exact) mass is 405 g/mol. The van der Waals surface area contributed by atoms with Gasteiger partial charge in [0, 0.05) is 18.3 Å². The molecule has 3 aromatic heterocycles. The molecule has 0 aliphatic rings. The Balaban J connectivity index is 2.22. The predicted molar refractivity (Wildman–Crippen MR) is 113 cm³/mol. The average molecular weight is 405 g/mol. The molecule has 0 amide bonds. The molecule has 0 unspecified atom stereocenters. The van der Waals surface area contributed by atoms with Gasteiger partial charge in [0.2, 0.25) is 5.88 Å². The van der Waals surface area contributed by atoms with Crippen molar-refractivity contribution < 1.29 is 5.11 Å². The Kier molecular flexibility index (Phi) is 4.47. The summed E-state index contributed by atoms with van der Waals surface area (Å²) in [5.74, 6) is 0.00671. The SMILES string of the molecule is CCn1c(O)c(/C=c2\c(C)c(C#N)c3nc4ccccc4n3c2=O)n(CC)c1=S. The number of benzene rings is 1. The van der Waals surface area contributed by atoms with Gasteiger partial charge in [0.1, 0.15) is 11.8 Å². The van der Waals surface area contributed by atoms with E-state index in [0.717, 1.165) is 0 Å². The molecule has 29 heavy (non-hydrogen) atoms. The van der Waals surface area contributed by atoms with E-state index in [1.165, 1.54) is 4.40 Å². The lowest BCUT2D eigenvalue weighted by Crippen LogP contribution is -2.34. The molecular formula is C21H19N5O2S. The van der Waals surface area contributed by atoms with Crippen LogP contribution in [-0.2, 0) is 13.1 Å². The minimum absolute atomic E-state index is 0.00671. The van der Waals surface area contributed by atoms with Crippen molar-refractivity contribution in [2.75, 3.05) is 0 Å². The highest BCUT2D eigenvalue weighted by Gasteiger charge is 2.18. The van der Waals surface area contributed by atoms with E-state index >= 15 is 0 Å². The minimum Gasteiger partial charge on any atom is -0.493 e. The van der Waals surface area contributed by atoms with Crippen LogP contribution >= 0.6 is 12.2 Å². The maximum atomic E-state index is 13.4. The lowest BCUT2D eigenvalue weighted by molar-refractivity contribution is 0.419. The van der Waals surface area contributed by atoms with Crippen LogP contribution in [0.2, 0.25) is 0 Å². The Hall–Kier alpha value is -3.44. The summed E-state index contributed by atoms with van der Waals surface area (Å²) in [6, 6.07) is 9.46. The molecule has 0 atom stereocenters. The summed E-state index contributed by atoms with van der Waals surface area (Å²) in [4.78, 5) is 17.9. The molecule has 0 aliphatic carbocycles. The van der Waals surface area contributed by atoms with Crippen LogP contribution < -0.4 is 10.8 Å². The van der Waals surface area contributed by atoms with E-state index in [9.17, 15) is 15.2 Å². The fourth-order valence-corrected chi connectivity index (χ4v) is 4.20. The fraction of sp³-hybridized carbons (Fsp3) is 0.238. The Morgan fingerprint density at radius 2 is 1.93 bits per heavy atom. The third kappa shape index (κ3) is 2.58. The van der Waals surface area contributed by atoms with Gasteiger partial charge in [-0.05, 0) is 56.8 Å². The molecule has 8 heteroatoms. The zero-order valence-corrected chi connectivity index (χ0v) is 17.1. The van der Waals surface area contributed by atoms with Crippen LogP contribution in [0.4, 0.5) is 0 Å². The van der Waals surface area contributed by atoms with Crippen molar-refractivity contribution in [1.82, 2.24) is 18.5 Å². The van der Waals surface area contributed by atoms with Gasteiger partial charge >= 0.3 is 0 Å². The number of aromatic hydroxyl groups is 1. The molecular weight excluding hydrogens is 386 g/mol. The number of aromatic nitrogens is 4. The first kappa shape index (κ1) is 18.9. The molecule has 4 aromatic rings. The zero-order valence-electron chi connectivity index (χ0n) is 16.3.